The molecule has 2 rings (SSSR count). The highest BCUT2D eigenvalue weighted by Gasteiger charge is 2.42. The number of rotatable bonds is 4. The topological polar surface area (TPSA) is 37.3 Å². The van der Waals surface area contributed by atoms with Crippen LogP contribution in [0.25, 0.3) is 0 Å². The molecule has 1 fully saturated rings. The molecular weight excluding hydrogens is 188 g/mol. The molecule has 0 heterocycles. The van der Waals surface area contributed by atoms with Crippen molar-refractivity contribution in [2.24, 2.45) is 11.8 Å². The third kappa shape index (κ3) is 2.58. The lowest BCUT2D eigenvalue weighted by molar-refractivity contribution is -0.138. The second-order valence-corrected chi connectivity index (χ2v) is 4.46. The van der Waals surface area contributed by atoms with Crippen molar-refractivity contribution >= 4 is 5.97 Å². The zero-order chi connectivity index (χ0) is 10.8. The fourth-order valence-corrected chi connectivity index (χ4v) is 1.98. The number of aliphatic carboxylic acids is 1. The normalized spacial score (nSPS) is 23.8. The van der Waals surface area contributed by atoms with Gasteiger partial charge in [0.05, 0.1) is 5.92 Å². The zero-order valence-electron chi connectivity index (χ0n) is 8.94. The van der Waals surface area contributed by atoms with Crippen LogP contribution in [0.1, 0.15) is 24.0 Å². The lowest BCUT2D eigenvalue weighted by Gasteiger charge is -2.00. The molecule has 80 valence electrons. The van der Waals surface area contributed by atoms with Gasteiger partial charge in [0.15, 0.2) is 0 Å². The third-order valence-corrected chi connectivity index (χ3v) is 3.16. The van der Waals surface area contributed by atoms with Gasteiger partial charge in [-0.05, 0) is 37.7 Å². The molecule has 1 aliphatic carbocycles. The first-order valence-electron chi connectivity index (χ1n) is 5.45. The van der Waals surface area contributed by atoms with Crippen LogP contribution in [0.4, 0.5) is 0 Å². The summed E-state index contributed by atoms with van der Waals surface area (Å²) in [7, 11) is 0. The molecule has 0 amide bonds. The minimum absolute atomic E-state index is 0.0598. The van der Waals surface area contributed by atoms with Crippen LogP contribution in [-0.4, -0.2) is 11.1 Å². The number of hydrogen-bond acceptors (Lipinski definition) is 1. The van der Waals surface area contributed by atoms with E-state index in [-0.39, 0.29) is 5.92 Å². The Kier molecular flexibility index (Phi) is 2.76. The van der Waals surface area contributed by atoms with Gasteiger partial charge in [-0.3, -0.25) is 4.79 Å². The fraction of sp³-hybridized carbons (Fsp3) is 0.462. The van der Waals surface area contributed by atoms with E-state index in [0.29, 0.717) is 5.92 Å². The van der Waals surface area contributed by atoms with Gasteiger partial charge >= 0.3 is 5.97 Å². The van der Waals surface area contributed by atoms with Gasteiger partial charge in [-0.25, -0.2) is 0 Å². The molecule has 2 unspecified atom stereocenters. The smallest absolute Gasteiger partial charge is 0.306 e. The zero-order valence-corrected chi connectivity index (χ0v) is 8.94. The lowest BCUT2D eigenvalue weighted by Crippen LogP contribution is -2.00. The van der Waals surface area contributed by atoms with Crippen molar-refractivity contribution in [2.45, 2.75) is 26.2 Å². The van der Waals surface area contributed by atoms with Crippen molar-refractivity contribution in [1.82, 2.24) is 0 Å². The maximum absolute atomic E-state index is 10.6. The van der Waals surface area contributed by atoms with Gasteiger partial charge in [0.1, 0.15) is 0 Å². The molecule has 0 saturated heterocycles. The maximum Gasteiger partial charge on any atom is 0.306 e. The quantitative estimate of drug-likeness (QED) is 0.818. The highest BCUT2D eigenvalue weighted by Crippen LogP contribution is 2.41. The third-order valence-electron chi connectivity index (χ3n) is 3.16. The van der Waals surface area contributed by atoms with Gasteiger partial charge < -0.3 is 5.11 Å². The molecule has 1 aromatic rings. The molecule has 0 spiro atoms. The van der Waals surface area contributed by atoms with Crippen LogP contribution in [0.5, 0.6) is 0 Å². The second-order valence-electron chi connectivity index (χ2n) is 4.46. The van der Waals surface area contributed by atoms with Crippen LogP contribution in [0.15, 0.2) is 24.3 Å². The van der Waals surface area contributed by atoms with Crippen LogP contribution in [0, 0.1) is 18.8 Å². The van der Waals surface area contributed by atoms with E-state index < -0.39 is 5.97 Å². The van der Waals surface area contributed by atoms with E-state index >= 15 is 0 Å². The second kappa shape index (κ2) is 4.05. The predicted molar refractivity (Wildman–Crippen MR) is 58.7 cm³/mol. The highest BCUT2D eigenvalue weighted by atomic mass is 16.4. The van der Waals surface area contributed by atoms with Gasteiger partial charge in [-0.1, -0.05) is 29.8 Å². The summed E-state index contributed by atoms with van der Waals surface area (Å²) in [6.07, 6.45) is 2.90. The Morgan fingerprint density at radius 1 is 1.40 bits per heavy atom. The molecular formula is C13H16O2. The Bertz CT molecular complexity index is 353. The van der Waals surface area contributed by atoms with E-state index in [2.05, 4.69) is 31.2 Å². The van der Waals surface area contributed by atoms with E-state index in [1.807, 2.05) is 0 Å². The van der Waals surface area contributed by atoms with Gasteiger partial charge in [0.25, 0.3) is 0 Å². The number of carboxylic acids is 1. The van der Waals surface area contributed by atoms with Crippen LogP contribution in [0.3, 0.4) is 0 Å². The first-order valence-corrected chi connectivity index (χ1v) is 5.45. The van der Waals surface area contributed by atoms with E-state index in [1.165, 1.54) is 11.1 Å². The number of aryl methyl sites for hydroxylation is 2. The Morgan fingerprint density at radius 2 is 2.07 bits per heavy atom. The van der Waals surface area contributed by atoms with Crippen LogP contribution in [0.2, 0.25) is 0 Å². The van der Waals surface area contributed by atoms with Crippen molar-refractivity contribution in [3.8, 4) is 0 Å². The van der Waals surface area contributed by atoms with Crippen molar-refractivity contribution in [2.75, 3.05) is 0 Å². The molecule has 1 aliphatic rings. The molecule has 0 aliphatic heterocycles. The summed E-state index contributed by atoms with van der Waals surface area (Å²) in [5, 5.41) is 8.76. The van der Waals surface area contributed by atoms with Crippen molar-refractivity contribution in [3.05, 3.63) is 35.4 Å². The summed E-state index contributed by atoms with van der Waals surface area (Å²) in [5.74, 6) is -0.261. The van der Waals surface area contributed by atoms with Crippen molar-refractivity contribution in [1.29, 1.82) is 0 Å². The monoisotopic (exact) mass is 204 g/mol. The lowest BCUT2D eigenvalue weighted by atomic mass is 10.1. The van der Waals surface area contributed by atoms with E-state index in [9.17, 15) is 4.79 Å². The average molecular weight is 204 g/mol. The fourth-order valence-electron chi connectivity index (χ4n) is 1.98. The standard InChI is InChI=1S/C13H16O2/c1-9-2-4-10(5-3-9)6-7-11-8-12(11)13(14)15/h2-5,11-12H,6-8H2,1H3,(H,14,15). The minimum atomic E-state index is -0.621. The Morgan fingerprint density at radius 3 is 2.60 bits per heavy atom. The summed E-state index contributed by atoms with van der Waals surface area (Å²) in [6, 6.07) is 8.48. The molecule has 1 saturated carbocycles. The number of carbonyl (C=O) groups is 1. The van der Waals surface area contributed by atoms with Crippen molar-refractivity contribution in [3.63, 3.8) is 0 Å². The Labute approximate surface area is 89.9 Å². The minimum Gasteiger partial charge on any atom is -0.481 e. The van der Waals surface area contributed by atoms with Gasteiger partial charge in [-0.15, -0.1) is 0 Å². The molecule has 1 aromatic carbocycles. The molecule has 2 nitrogen and oxygen atoms in total. The molecule has 15 heavy (non-hydrogen) atoms. The molecule has 0 radical (unpaired) electrons. The van der Waals surface area contributed by atoms with Gasteiger partial charge in [0, 0.05) is 0 Å². The predicted octanol–water partition coefficient (Wildman–Crippen LogP) is 2.65. The van der Waals surface area contributed by atoms with Gasteiger partial charge in [0.2, 0.25) is 0 Å². The van der Waals surface area contributed by atoms with Crippen molar-refractivity contribution < 1.29 is 9.90 Å². The first-order chi connectivity index (χ1) is 7.16. The molecule has 0 aromatic heterocycles. The summed E-state index contributed by atoms with van der Waals surface area (Å²) in [5.41, 5.74) is 2.59. The average Bonchev–Trinajstić information content (AvgIpc) is 2.96. The SMILES string of the molecule is Cc1ccc(CCC2CC2C(=O)O)cc1. The van der Waals surface area contributed by atoms with E-state index in [1.54, 1.807) is 0 Å². The van der Waals surface area contributed by atoms with Crippen LogP contribution in [-0.2, 0) is 11.2 Å². The summed E-state index contributed by atoms with van der Waals surface area (Å²) >= 11 is 0. The van der Waals surface area contributed by atoms with Crippen LogP contribution < -0.4 is 0 Å². The number of hydrogen-bond donors (Lipinski definition) is 1. The number of carboxylic acid groups (broad SMARTS) is 1. The molecule has 2 heteroatoms. The molecule has 1 N–H and O–H groups in total. The highest BCUT2D eigenvalue weighted by molar-refractivity contribution is 5.73. The maximum atomic E-state index is 10.6. The molecule has 2 atom stereocenters. The Hall–Kier alpha value is -1.31. The molecule has 0 bridgehead atoms. The van der Waals surface area contributed by atoms with E-state index in [0.717, 1.165) is 19.3 Å². The summed E-state index contributed by atoms with van der Waals surface area (Å²) < 4.78 is 0. The first kappa shape index (κ1) is 10.2. The largest absolute Gasteiger partial charge is 0.481 e. The van der Waals surface area contributed by atoms with E-state index in [4.69, 9.17) is 5.11 Å². The Balaban J connectivity index is 1.80. The van der Waals surface area contributed by atoms with Gasteiger partial charge in [-0.2, -0.15) is 0 Å². The summed E-state index contributed by atoms with van der Waals surface area (Å²) in [6.45, 7) is 2.07. The van der Waals surface area contributed by atoms with Crippen LogP contribution >= 0.6 is 0 Å². The summed E-state index contributed by atoms with van der Waals surface area (Å²) in [4.78, 5) is 10.6. The number of benzene rings is 1.